The fourth-order valence-corrected chi connectivity index (χ4v) is 2.34. The van der Waals surface area contributed by atoms with Gasteiger partial charge in [-0.05, 0) is 23.8 Å². The van der Waals surface area contributed by atoms with Gasteiger partial charge < -0.3 is 10.4 Å². The number of hydrogen-bond acceptors (Lipinski definition) is 4. The monoisotopic (exact) mass is 265 g/mol. The molecule has 0 aromatic heterocycles. The molecule has 0 saturated carbocycles. The summed E-state index contributed by atoms with van der Waals surface area (Å²) in [7, 11) is 0. The Morgan fingerprint density at radius 2 is 2.00 bits per heavy atom. The summed E-state index contributed by atoms with van der Waals surface area (Å²) in [5.74, 6) is -1.19. The number of aromatic carboxylic acids is 1. The molecule has 1 fully saturated rings. The number of thioether (sulfide) groups is 1. The highest BCUT2D eigenvalue weighted by molar-refractivity contribution is 8.26. The first-order chi connectivity index (χ1) is 8.06. The first-order valence-corrected chi connectivity index (χ1v) is 5.87. The fourth-order valence-electron chi connectivity index (χ4n) is 1.29. The Balaban J connectivity index is 2.24. The lowest BCUT2D eigenvalue weighted by atomic mass is 10.1. The molecule has 1 heterocycles. The number of hydrogen-bond donors (Lipinski definition) is 2. The highest BCUT2D eigenvalue weighted by Gasteiger charge is 2.21. The average molecular weight is 265 g/mol. The van der Waals surface area contributed by atoms with E-state index in [1.54, 1.807) is 18.2 Å². The van der Waals surface area contributed by atoms with Crippen molar-refractivity contribution in [3.63, 3.8) is 0 Å². The van der Waals surface area contributed by atoms with Crippen molar-refractivity contribution in [2.75, 3.05) is 0 Å². The number of carboxylic acid groups (broad SMARTS) is 1. The zero-order chi connectivity index (χ0) is 12.4. The van der Waals surface area contributed by atoms with Crippen LogP contribution in [-0.2, 0) is 4.79 Å². The van der Waals surface area contributed by atoms with Crippen LogP contribution in [0.1, 0.15) is 15.9 Å². The van der Waals surface area contributed by atoms with E-state index < -0.39 is 5.97 Å². The van der Waals surface area contributed by atoms with Crippen LogP contribution in [0.15, 0.2) is 29.2 Å². The maximum Gasteiger partial charge on any atom is 0.335 e. The van der Waals surface area contributed by atoms with E-state index in [1.807, 2.05) is 0 Å². The van der Waals surface area contributed by atoms with Crippen LogP contribution in [-0.4, -0.2) is 21.3 Å². The first-order valence-electron chi connectivity index (χ1n) is 4.64. The quantitative estimate of drug-likeness (QED) is 0.631. The molecule has 0 atom stereocenters. The molecule has 1 saturated heterocycles. The SMILES string of the molecule is O=C1NC(=S)S/C1=C\c1ccc(C(=O)O)cc1. The summed E-state index contributed by atoms with van der Waals surface area (Å²) in [5.41, 5.74) is 0.976. The van der Waals surface area contributed by atoms with Crippen LogP contribution in [0.2, 0.25) is 0 Å². The lowest BCUT2D eigenvalue weighted by molar-refractivity contribution is -0.115. The van der Waals surface area contributed by atoms with Gasteiger partial charge in [-0.1, -0.05) is 36.1 Å². The predicted molar refractivity (Wildman–Crippen MR) is 69.7 cm³/mol. The van der Waals surface area contributed by atoms with Gasteiger partial charge >= 0.3 is 5.97 Å². The number of nitrogens with one attached hydrogen (secondary N) is 1. The molecule has 1 aliphatic heterocycles. The third kappa shape index (κ3) is 2.72. The van der Waals surface area contributed by atoms with Gasteiger partial charge in [0.1, 0.15) is 4.32 Å². The van der Waals surface area contributed by atoms with E-state index in [4.69, 9.17) is 17.3 Å². The van der Waals surface area contributed by atoms with Crippen molar-refractivity contribution in [2.24, 2.45) is 0 Å². The molecule has 0 spiro atoms. The van der Waals surface area contributed by atoms with Gasteiger partial charge in [0.2, 0.25) is 0 Å². The van der Waals surface area contributed by atoms with Gasteiger partial charge in [-0.15, -0.1) is 0 Å². The Kier molecular flexibility index (Phi) is 3.26. The molecule has 0 unspecified atom stereocenters. The van der Waals surface area contributed by atoms with Crippen molar-refractivity contribution in [3.8, 4) is 0 Å². The molecule has 4 nitrogen and oxygen atoms in total. The van der Waals surface area contributed by atoms with Gasteiger partial charge in [-0.25, -0.2) is 4.79 Å². The van der Waals surface area contributed by atoms with Gasteiger partial charge in [0.05, 0.1) is 10.5 Å². The number of carbonyl (C=O) groups excluding carboxylic acids is 1. The standard InChI is InChI=1S/C11H7NO3S2/c13-9-8(17-11(16)12-9)5-6-1-3-7(4-2-6)10(14)15/h1-5H,(H,14,15)(H,12,13,16)/b8-5-. The van der Waals surface area contributed by atoms with Crippen LogP contribution in [0.5, 0.6) is 0 Å². The maximum absolute atomic E-state index is 11.4. The number of rotatable bonds is 2. The second-order valence-electron chi connectivity index (χ2n) is 3.28. The smallest absolute Gasteiger partial charge is 0.335 e. The highest BCUT2D eigenvalue weighted by atomic mass is 32.2. The molecule has 17 heavy (non-hydrogen) atoms. The predicted octanol–water partition coefficient (Wildman–Crippen LogP) is 1.87. The summed E-state index contributed by atoms with van der Waals surface area (Å²) < 4.78 is 0.434. The summed E-state index contributed by atoms with van der Waals surface area (Å²) in [6.45, 7) is 0. The van der Waals surface area contributed by atoms with Gasteiger partial charge in [-0.2, -0.15) is 0 Å². The second kappa shape index (κ2) is 4.68. The normalized spacial score (nSPS) is 17.3. The topological polar surface area (TPSA) is 66.4 Å². The number of carbonyl (C=O) groups is 2. The Bertz CT molecular complexity index is 534. The van der Waals surface area contributed by atoms with Crippen molar-refractivity contribution < 1.29 is 14.7 Å². The van der Waals surface area contributed by atoms with E-state index in [1.165, 1.54) is 23.9 Å². The zero-order valence-electron chi connectivity index (χ0n) is 8.47. The summed E-state index contributed by atoms with van der Waals surface area (Å²) in [5, 5.41) is 11.2. The van der Waals surface area contributed by atoms with Crippen LogP contribution >= 0.6 is 24.0 Å². The molecule has 1 aromatic rings. The largest absolute Gasteiger partial charge is 0.478 e. The minimum Gasteiger partial charge on any atom is -0.478 e. The summed E-state index contributed by atoms with van der Waals surface area (Å²) in [4.78, 5) is 22.5. The zero-order valence-corrected chi connectivity index (χ0v) is 10.1. The molecular formula is C11H7NO3S2. The second-order valence-corrected chi connectivity index (χ2v) is 5.00. The van der Waals surface area contributed by atoms with Crippen molar-refractivity contribution in [1.29, 1.82) is 0 Å². The molecule has 6 heteroatoms. The molecule has 2 rings (SSSR count). The van der Waals surface area contributed by atoms with Gasteiger partial charge in [0.25, 0.3) is 5.91 Å². The molecule has 1 amide bonds. The maximum atomic E-state index is 11.4. The molecule has 2 N–H and O–H groups in total. The number of thiocarbonyl (C=S) groups is 1. The molecular weight excluding hydrogens is 258 g/mol. The third-order valence-electron chi connectivity index (χ3n) is 2.10. The number of benzene rings is 1. The van der Waals surface area contributed by atoms with Crippen molar-refractivity contribution in [1.82, 2.24) is 5.32 Å². The summed E-state index contributed by atoms with van der Waals surface area (Å²) in [6.07, 6.45) is 1.67. The molecule has 1 aliphatic rings. The van der Waals surface area contributed by atoms with Crippen LogP contribution in [0, 0.1) is 0 Å². The van der Waals surface area contributed by atoms with E-state index in [9.17, 15) is 9.59 Å². The fraction of sp³-hybridized carbons (Fsp3) is 0. The lowest BCUT2D eigenvalue weighted by Crippen LogP contribution is -2.17. The van der Waals surface area contributed by atoms with Gasteiger partial charge in [-0.3, -0.25) is 4.79 Å². The van der Waals surface area contributed by atoms with Gasteiger partial charge in [0.15, 0.2) is 0 Å². The Morgan fingerprint density at radius 1 is 1.35 bits per heavy atom. The molecule has 0 bridgehead atoms. The minimum absolute atomic E-state index is 0.214. The first kappa shape index (κ1) is 11.8. The van der Waals surface area contributed by atoms with Crippen molar-refractivity contribution in [3.05, 3.63) is 40.3 Å². The Hall–Kier alpha value is -1.66. The molecule has 86 valence electrons. The number of carboxylic acids is 1. The Morgan fingerprint density at radius 3 is 2.47 bits per heavy atom. The van der Waals surface area contributed by atoms with Crippen LogP contribution in [0.25, 0.3) is 6.08 Å². The van der Waals surface area contributed by atoms with E-state index >= 15 is 0 Å². The minimum atomic E-state index is -0.974. The third-order valence-corrected chi connectivity index (χ3v) is 3.26. The summed E-state index contributed by atoms with van der Waals surface area (Å²) >= 11 is 6.05. The van der Waals surface area contributed by atoms with Crippen LogP contribution in [0.3, 0.4) is 0 Å². The number of amides is 1. The molecule has 0 aliphatic carbocycles. The van der Waals surface area contributed by atoms with E-state index in [0.29, 0.717) is 9.23 Å². The molecule has 1 aromatic carbocycles. The van der Waals surface area contributed by atoms with Crippen LogP contribution in [0.4, 0.5) is 0 Å². The van der Waals surface area contributed by atoms with Crippen molar-refractivity contribution >= 4 is 46.3 Å². The highest BCUT2D eigenvalue weighted by Crippen LogP contribution is 2.25. The summed E-state index contributed by atoms with van der Waals surface area (Å²) in [6, 6.07) is 6.27. The molecule has 0 radical (unpaired) electrons. The lowest BCUT2D eigenvalue weighted by Gasteiger charge is -1.97. The van der Waals surface area contributed by atoms with Crippen LogP contribution < -0.4 is 5.32 Å². The van der Waals surface area contributed by atoms with E-state index in [-0.39, 0.29) is 11.5 Å². The average Bonchev–Trinajstić information content (AvgIpc) is 2.58. The van der Waals surface area contributed by atoms with E-state index in [2.05, 4.69) is 5.32 Å². The Labute approximate surface area is 107 Å². The van der Waals surface area contributed by atoms with Gasteiger partial charge in [0, 0.05) is 0 Å². The van der Waals surface area contributed by atoms with E-state index in [0.717, 1.165) is 5.56 Å². The van der Waals surface area contributed by atoms with Crippen molar-refractivity contribution in [2.45, 2.75) is 0 Å².